The van der Waals surface area contributed by atoms with Crippen molar-refractivity contribution in [1.82, 2.24) is 10.1 Å². The molecule has 0 atom stereocenters. The molecule has 3 aromatic rings. The van der Waals surface area contributed by atoms with Gasteiger partial charge in [-0.05, 0) is 60.7 Å². The van der Waals surface area contributed by atoms with Crippen LogP contribution in [0.1, 0.15) is 25.0 Å². The first kappa shape index (κ1) is 24.1. The normalized spacial score (nSPS) is 10.2. The summed E-state index contributed by atoms with van der Waals surface area (Å²) in [5.41, 5.74) is 0.678. The van der Waals surface area contributed by atoms with Gasteiger partial charge in [0, 0.05) is 31.0 Å². The Balaban J connectivity index is 1.66. The van der Waals surface area contributed by atoms with Crippen molar-refractivity contribution in [2.24, 2.45) is 0 Å². The number of carbonyl (C=O) groups excluding carboxylic acids is 2. The van der Waals surface area contributed by atoms with Crippen LogP contribution in [-0.2, 0) is 9.59 Å². The van der Waals surface area contributed by atoms with E-state index in [1.165, 1.54) is 0 Å². The standard InChI is InChI=1S/C24H22N4O6/c1-15(29)27(31)23(25)17-6-10-19(11-7-17)33-21-4-3-5-22(14-21)34-20-12-8-18(9-13-20)24(26)28(32)16(2)30/h3-14,25-26,31-32H,1-2H3. The van der Waals surface area contributed by atoms with Crippen LogP contribution in [0.15, 0.2) is 72.8 Å². The van der Waals surface area contributed by atoms with Gasteiger partial charge in [0.15, 0.2) is 11.7 Å². The highest BCUT2D eigenvalue weighted by Gasteiger charge is 2.15. The largest absolute Gasteiger partial charge is 0.457 e. The van der Waals surface area contributed by atoms with Gasteiger partial charge in [0.1, 0.15) is 23.0 Å². The number of carbonyl (C=O) groups is 2. The number of rotatable bonds is 6. The molecule has 0 aliphatic carbocycles. The van der Waals surface area contributed by atoms with E-state index in [0.29, 0.717) is 34.1 Å². The fourth-order valence-electron chi connectivity index (χ4n) is 2.79. The van der Waals surface area contributed by atoms with Crippen molar-refractivity contribution >= 4 is 23.5 Å². The zero-order valence-corrected chi connectivity index (χ0v) is 18.4. The predicted octanol–water partition coefficient (Wildman–Crippen LogP) is 4.40. The number of hydroxylamine groups is 4. The molecule has 10 nitrogen and oxygen atoms in total. The van der Waals surface area contributed by atoms with E-state index in [0.717, 1.165) is 13.8 Å². The molecule has 10 heteroatoms. The van der Waals surface area contributed by atoms with Gasteiger partial charge in [-0.3, -0.25) is 30.8 Å². The summed E-state index contributed by atoms with van der Waals surface area (Å²) < 4.78 is 11.6. The second-order valence-electron chi connectivity index (χ2n) is 7.09. The second-order valence-corrected chi connectivity index (χ2v) is 7.09. The molecule has 0 bridgehead atoms. The smallest absolute Gasteiger partial charge is 0.249 e. The highest BCUT2D eigenvalue weighted by atomic mass is 16.5. The van der Waals surface area contributed by atoms with Gasteiger partial charge in [-0.15, -0.1) is 0 Å². The molecule has 0 heterocycles. The summed E-state index contributed by atoms with van der Waals surface area (Å²) >= 11 is 0. The molecule has 34 heavy (non-hydrogen) atoms. The molecule has 0 aromatic heterocycles. The molecule has 0 saturated heterocycles. The van der Waals surface area contributed by atoms with E-state index in [4.69, 9.17) is 20.3 Å². The van der Waals surface area contributed by atoms with Crippen molar-refractivity contribution in [2.75, 3.05) is 0 Å². The van der Waals surface area contributed by atoms with Crippen molar-refractivity contribution in [1.29, 1.82) is 10.8 Å². The molecule has 0 saturated carbocycles. The van der Waals surface area contributed by atoms with Crippen LogP contribution in [0.5, 0.6) is 23.0 Å². The summed E-state index contributed by atoms with van der Waals surface area (Å²) in [6.07, 6.45) is 0. The van der Waals surface area contributed by atoms with Crippen LogP contribution in [0, 0.1) is 10.8 Å². The maximum Gasteiger partial charge on any atom is 0.249 e. The maximum absolute atomic E-state index is 11.2. The van der Waals surface area contributed by atoms with Gasteiger partial charge in [-0.1, -0.05) is 6.07 Å². The Bertz CT molecular complexity index is 1130. The zero-order chi connectivity index (χ0) is 24.8. The summed E-state index contributed by atoms with van der Waals surface area (Å²) in [5, 5.41) is 35.3. The minimum absolute atomic E-state index is 0.259. The number of amidine groups is 2. The Hall–Kier alpha value is -4.54. The molecular weight excluding hydrogens is 440 g/mol. The molecule has 0 aliphatic heterocycles. The molecule has 0 radical (unpaired) electrons. The predicted molar refractivity (Wildman–Crippen MR) is 122 cm³/mol. The van der Waals surface area contributed by atoms with Gasteiger partial charge >= 0.3 is 0 Å². The number of hydrogen-bond donors (Lipinski definition) is 4. The minimum atomic E-state index is -0.665. The quantitative estimate of drug-likeness (QED) is 0.185. The van der Waals surface area contributed by atoms with Gasteiger partial charge in [0.25, 0.3) is 0 Å². The minimum Gasteiger partial charge on any atom is -0.457 e. The summed E-state index contributed by atoms with van der Waals surface area (Å²) in [6, 6.07) is 19.5. The third kappa shape index (κ3) is 5.82. The third-order valence-corrected chi connectivity index (χ3v) is 4.55. The summed E-state index contributed by atoms with van der Waals surface area (Å²) in [6.45, 7) is 2.30. The number of hydrogen-bond acceptors (Lipinski definition) is 8. The number of amides is 2. The van der Waals surface area contributed by atoms with E-state index in [1.807, 2.05) is 0 Å². The molecule has 3 rings (SSSR count). The third-order valence-electron chi connectivity index (χ3n) is 4.55. The molecule has 0 fully saturated rings. The van der Waals surface area contributed by atoms with Crippen LogP contribution in [0.2, 0.25) is 0 Å². The lowest BCUT2D eigenvalue weighted by Gasteiger charge is -2.14. The average molecular weight is 462 g/mol. The van der Waals surface area contributed by atoms with E-state index in [9.17, 15) is 20.0 Å². The molecule has 0 aliphatic rings. The van der Waals surface area contributed by atoms with E-state index in [2.05, 4.69) is 0 Å². The van der Waals surface area contributed by atoms with Gasteiger partial charge in [-0.2, -0.15) is 10.1 Å². The first-order valence-corrected chi connectivity index (χ1v) is 9.98. The SMILES string of the molecule is CC(=O)N(O)C(=N)c1ccc(Oc2cccc(Oc3ccc(C(=N)N(O)C(C)=O)cc3)c2)cc1. The van der Waals surface area contributed by atoms with Crippen molar-refractivity contribution in [3.63, 3.8) is 0 Å². The lowest BCUT2D eigenvalue weighted by atomic mass is 10.2. The van der Waals surface area contributed by atoms with Crippen LogP contribution < -0.4 is 9.47 Å². The van der Waals surface area contributed by atoms with E-state index in [-0.39, 0.29) is 21.8 Å². The fourth-order valence-corrected chi connectivity index (χ4v) is 2.79. The van der Waals surface area contributed by atoms with Crippen LogP contribution in [0.4, 0.5) is 0 Å². The highest BCUT2D eigenvalue weighted by Crippen LogP contribution is 2.29. The number of benzene rings is 3. The molecular formula is C24H22N4O6. The van der Waals surface area contributed by atoms with Crippen molar-refractivity contribution in [2.45, 2.75) is 13.8 Å². The lowest BCUT2D eigenvalue weighted by molar-refractivity contribution is -0.147. The van der Waals surface area contributed by atoms with Crippen molar-refractivity contribution in [3.05, 3.63) is 83.9 Å². The van der Waals surface area contributed by atoms with E-state index >= 15 is 0 Å². The van der Waals surface area contributed by atoms with E-state index in [1.54, 1.807) is 72.8 Å². The Morgan fingerprint density at radius 2 is 1.00 bits per heavy atom. The number of ether oxygens (including phenoxy) is 2. The highest BCUT2D eigenvalue weighted by molar-refractivity contribution is 6.05. The lowest BCUT2D eigenvalue weighted by Crippen LogP contribution is -2.31. The topological polar surface area (TPSA) is 147 Å². The Labute approximate surface area is 195 Å². The first-order chi connectivity index (χ1) is 16.2. The fraction of sp³-hybridized carbons (Fsp3) is 0.0833. The van der Waals surface area contributed by atoms with Crippen LogP contribution >= 0.6 is 0 Å². The molecule has 3 aromatic carbocycles. The molecule has 0 unspecified atom stereocenters. The Morgan fingerprint density at radius 3 is 1.32 bits per heavy atom. The number of nitrogens with one attached hydrogen (secondary N) is 2. The van der Waals surface area contributed by atoms with Crippen LogP contribution in [0.25, 0.3) is 0 Å². The summed E-state index contributed by atoms with van der Waals surface area (Å²) in [5.74, 6) is -0.0896. The maximum atomic E-state index is 11.2. The monoisotopic (exact) mass is 462 g/mol. The van der Waals surface area contributed by atoms with Crippen LogP contribution in [0.3, 0.4) is 0 Å². The molecule has 174 valence electrons. The van der Waals surface area contributed by atoms with Gasteiger partial charge in [0.05, 0.1) is 0 Å². The second kappa shape index (κ2) is 10.4. The van der Waals surface area contributed by atoms with Gasteiger partial charge in [0.2, 0.25) is 11.8 Å². The van der Waals surface area contributed by atoms with Gasteiger partial charge in [-0.25, -0.2) is 0 Å². The molecule has 4 N–H and O–H groups in total. The van der Waals surface area contributed by atoms with E-state index < -0.39 is 11.8 Å². The number of nitrogens with zero attached hydrogens (tertiary/aromatic N) is 2. The van der Waals surface area contributed by atoms with Gasteiger partial charge < -0.3 is 9.47 Å². The zero-order valence-electron chi connectivity index (χ0n) is 18.4. The van der Waals surface area contributed by atoms with Crippen LogP contribution in [-0.4, -0.2) is 44.0 Å². The first-order valence-electron chi connectivity index (χ1n) is 9.98. The molecule has 0 spiro atoms. The summed E-state index contributed by atoms with van der Waals surface area (Å²) in [7, 11) is 0. The average Bonchev–Trinajstić information content (AvgIpc) is 2.83. The van der Waals surface area contributed by atoms with Crippen molar-refractivity contribution in [3.8, 4) is 23.0 Å². The Morgan fingerprint density at radius 1 is 0.647 bits per heavy atom. The molecule has 2 amide bonds. The Kier molecular flexibility index (Phi) is 7.36. The van der Waals surface area contributed by atoms with Crippen molar-refractivity contribution < 1.29 is 29.5 Å². The summed E-state index contributed by atoms with van der Waals surface area (Å²) in [4.78, 5) is 22.4.